The summed E-state index contributed by atoms with van der Waals surface area (Å²) in [5.74, 6) is 0.833. The molecule has 0 aromatic heterocycles. The molecule has 0 aromatic carbocycles. The molecule has 0 fully saturated rings. The highest BCUT2D eigenvalue weighted by Gasteiger charge is 2.08. The van der Waals surface area contributed by atoms with Gasteiger partial charge in [0.1, 0.15) is 6.26 Å². The average Bonchev–Trinajstić information content (AvgIpc) is 2.21. The predicted molar refractivity (Wildman–Crippen MR) is 49.4 cm³/mol. The Bertz CT molecular complexity index is 261. The van der Waals surface area contributed by atoms with Gasteiger partial charge in [-0.05, 0) is 5.41 Å². The van der Waals surface area contributed by atoms with Crippen LogP contribution in [0.25, 0.3) is 0 Å². The lowest BCUT2D eigenvalue weighted by molar-refractivity contribution is 0.353. The van der Waals surface area contributed by atoms with Crippen LogP contribution in [-0.2, 0) is 4.74 Å². The maximum atomic E-state index is 5.27. The number of rotatable bonds is 1. The van der Waals surface area contributed by atoms with E-state index < -0.39 is 0 Å². The summed E-state index contributed by atoms with van der Waals surface area (Å²) in [7, 11) is 0. The maximum Gasteiger partial charge on any atom is 0.157 e. The van der Waals surface area contributed by atoms with E-state index in [0.29, 0.717) is 0 Å². The number of ether oxygens (including phenoxy) is 1. The van der Waals surface area contributed by atoms with Crippen molar-refractivity contribution in [2.75, 3.05) is 0 Å². The lowest BCUT2D eigenvalue weighted by atomic mass is 10.4. The van der Waals surface area contributed by atoms with Crippen LogP contribution >= 0.6 is 11.8 Å². The third-order valence-corrected chi connectivity index (χ3v) is 2.24. The highest BCUT2D eigenvalue weighted by molar-refractivity contribution is 8.06. The lowest BCUT2D eigenvalue weighted by Crippen LogP contribution is -2.07. The van der Waals surface area contributed by atoms with Crippen molar-refractivity contribution < 1.29 is 4.74 Å². The van der Waals surface area contributed by atoms with Crippen LogP contribution < -0.4 is 10.6 Å². The van der Waals surface area contributed by atoms with E-state index in [9.17, 15) is 0 Å². The summed E-state index contributed by atoms with van der Waals surface area (Å²) >= 11 is 1.62. The lowest BCUT2D eigenvalue weighted by Gasteiger charge is -2.14. The molecular formula is C8H8N2OS. The molecule has 0 saturated heterocycles. The third kappa shape index (κ3) is 1.48. The van der Waals surface area contributed by atoms with Gasteiger partial charge in [-0.3, -0.25) is 0 Å². The first-order valence-electron chi connectivity index (χ1n) is 3.53. The van der Waals surface area contributed by atoms with Gasteiger partial charge in [0.15, 0.2) is 5.76 Å². The fraction of sp³-hybridized carbons (Fsp3) is 0. The standard InChI is InChI=1S/C8H8N2OS/c1-3-11-7(5-9-1)8-6-10-2-4-12-8/h1-6,9-10H. The molecule has 0 saturated carbocycles. The molecule has 0 spiro atoms. The van der Waals surface area contributed by atoms with E-state index in [4.69, 9.17) is 4.74 Å². The Morgan fingerprint density at radius 3 is 2.75 bits per heavy atom. The monoisotopic (exact) mass is 180 g/mol. The summed E-state index contributed by atoms with van der Waals surface area (Å²) in [6.45, 7) is 0. The van der Waals surface area contributed by atoms with E-state index >= 15 is 0 Å². The van der Waals surface area contributed by atoms with Crippen molar-refractivity contribution in [3.63, 3.8) is 0 Å². The highest BCUT2D eigenvalue weighted by Crippen LogP contribution is 2.27. The minimum atomic E-state index is 0.833. The predicted octanol–water partition coefficient (Wildman–Crippen LogP) is 1.57. The zero-order chi connectivity index (χ0) is 8.23. The molecule has 0 unspecified atom stereocenters. The van der Waals surface area contributed by atoms with Crippen molar-refractivity contribution >= 4 is 11.8 Å². The first-order valence-corrected chi connectivity index (χ1v) is 4.41. The minimum Gasteiger partial charge on any atom is -0.461 e. The van der Waals surface area contributed by atoms with Crippen LogP contribution in [-0.4, -0.2) is 0 Å². The molecule has 12 heavy (non-hydrogen) atoms. The average molecular weight is 180 g/mol. The number of hydrogen-bond acceptors (Lipinski definition) is 4. The fourth-order valence-electron chi connectivity index (χ4n) is 0.867. The van der Waals surface area contributed by atoms with Crippen molar-refractivity contribution in [3.8, 4) is 0 Å². The van der Waals surface area contributed by atoms with Crippen molar-refractivity contribution in [2.24, 2.45) is 0 Å². The van der Waals surface area contributed by atoms with E-state index in [1.165, 1.54) is 0 Å². The first kappa shape index (κ1) is 7.36. The van der Waals surface area contributed by atoms with Gasteiger partial charge in [0.25, 0.3) is 0 Å². The van der Waals surface area contributed by atoms with Crippen molar-refractivity contribution in [2.45, 2.75) is 0 Å². The summed E-state index contributed by atoms with van der Waals surface area (Å²) in [4.78, 5) is 1.06. The van der Waals surface area contributed by atoms with Crippen LogP contribution in [0.5, 0.6) is 0 Å². The molecule has 2 aliphatic heterocycles. The smallest absolute Gasteiger partial charge is 0.157 e. The molecule has 0 aromatic rings. The Balaban J connectivity index is 2.08. The second-order valence-electron chi connectivity index (χ2n) is 2.19. The van der Waals surface area contributed by atoms with Gasteiger partial charge in [0, 0.05) is 24.8 Å². The summed E-state index contributed by atoms with van der Waals surface area (Å²) in [5.41, 5.74) is 0. The van der Waals surface area contributed by atoms with Gasteiger partial charge in [-0.1, -0.05) is 11.8 Å². The molecule has 2 N–H and O–H groups in total. The van der Waals surface area contributed by atoms with Crippen LogP contribution in [0.1, 0.15) is 0 Å². The van der Waals surface area contributed by atoms with Crippen LogP contribution in [0.2, 0.25) is 0 Å². The van der Waals surface area contributed by atoms with Crippen molar-refractivity contribution in [1.29, 1.82) is 0 Å². The zero-order valence-corrected chi connectivity index (χ0v) is 7.10. The van der Waals surface area contributed by atoms with Gasteiger partial charge < -0.3 is 15.4 Å². The van der Waals surface area contributed by atoms with Gasteiger partial charge in [0.05, 0.1) is 4.91 Å². The molecule has 0 bridgehead atoms. The molecular weight excluding hydrogens is 172 g/mol. The van der Waals surface area contributed by atoms with E-state index in [0.717, 1.165) is 10.7 Å². The molecule has 0 radical (unpaired) electrons. The molecule has 2 aliphatic rings. The Morgan fingerprint density at radius 2 is 2.08 bits per heavy atom. The van der Waals surface area contributed by atoms with Gasteiger partial charge >= 0.3 is 0 Å². The van der Waals surface area contributed by atoms with Crippen LogP contribution in [0, 0.1) is 0 Å². The van der Waals surface area contributed by atoms with Gasteiger partial charge in [-0.2, -0.15) is 0 Å². The van der Waals surface area contributed by atoms with E-state index in [2.05, 4.69) is 10.6 Å². The Hall–Kier alpha value is -1.29. The zero-order valence-electron chi connectivity index (χ0n) is 6.28. The number of hydrogen-bond donors (Lipinski definition) is 2. The number of nitrogens with one attached hydrogen (secondary N) is 2. The summed E-state index contributed by atoms with van der Waals surface area (Å²) < 4.78 is 5.27. The molecule has 0 amide bonds. The second-order valence-corrected chi connectivity index (χ2v) is 3.14. The van der Waals surface area contributed by atoms with Crippen LogP contribution in [0.4, 0.5) is 0 Å². The van der Waals surface area contributed by atoms with E-state index in [1.54, 1.807) is 24.2 Å². The topological polar surface area (TPSA) is 33.3 Å². The molecule has 62 valence electrons. The van der Waals surface area contributed by atoms with Crippen molar-refractivity contribution in [3.05, 3.63) is 47.1 Å². The van der Waals surface area contributed by atoms with Gasteiger partial charge in [-0.25, -0.2) is 0 Å². The molecule has 4 heteroatoms. The van der Waals surface area contributed by atoms with E-state index in [-0.39, 0.29) is 0 Å². The molecule has 3 nitrogen and oxygen atoms in total. The molecule has 0 aliphatic carbocycles. The summed E-state index contributed by atoms with van der Waals surface area (Å²) in [5, 5.41) is 7.92. The van der Waals surface area contributed by atoms with Crippen molar-refractivity contribution in [1.82, 2.24) is 10.6 Å². The quantitative estimate of drug-likeness (QED) is 0.641. The SMILES string of the molecule is C1=COC(C2=CNC=CS2)=CN1. The second kappa shape index (κ2) is 3.40. The fourth-order valence-corrected chi connectivity index (χ4v) is 1.52. The first-order chi connectivity index (χ1) is 5.97. The molecule has 2 heterocycles. The molecule has 0 atom stereocenters. The van der Waals surface area contributed by atoms with Crippen LogP contribution in [0.3, 0.4) is 0 Å². The van der Waals surface area contributed by atoms with Gasteiger partial charge in [-0.15, -0.1) is 0 Å². The van der Waals surface area contributed by atoms with Gasteiger partial charge in [0.2, 0.25) is 0 Å². The Kier molecular flexibility index (Phi) is 2.09. The summed E-state index contributed by atoms with van der Waals surface area (Å²) in [6.07, 6.45) is 8.95. The van der Waals surface area contributed by atoms with E-state index in [1.807, 2.05) is 24.0 Å². The largest absolute Gasteiger partial charge is 0.461 e. The minimum absolute atomic E-state index is 0.833. The normalized spacial score (nSPS) is 20.0. The Morgan fingerprint density at radius 1 is 1.17 bits per heavy atom. The Labute approximate surface area is 74.9 Å². The third-order valence-electron chi connectivity index (χ3n) is 1.39. The highest BCUT2D eigenvalue weighted by atomic mass is 32.2. The van der Waals surface area contributed by atoms with Crippen LogP contribution in [0.15, 0.2) is 47.1 Å². The molecule has 2 rings (SSSR count). The summed E-state index contributed by atoms with van der Waals surface area (Å²) in [6, 6.07) is 0. The number of thioether (sulfide) groups is 1. The maximum absolute atomic E-state index is 5.27.